The minimum Gasteiger partial charge on any atom is -0.484 e. The highest BCUT2D eigenvalue weighted by molar-refractivity contribution is 6.30. The Kier molecular flexibility index (Phi) is 3.44. The lowest BCUT2D eigenvalue weighted by molar-refractivity contribution is 0.222. The van der Waals surface area contributed by atoms with Gasteiger partial charge in [0.25, 0.3) is 0 Å². The highest BCUT2D eigenvalue weighted by Crippen LogP contribution is 2.23. The Balaban J connectivity index is 2.14. The van der Waals surface area contributed by atoms with Crippen LogP contribution in [-0.2, 0) is 0 Å². The number of benzene rings is 1. The van der Waals surface area contributed by atoms with E-state index < -0.39 is 0 Å². The maximum Gasteiger partial charge on any atom is 0.220 e. The molecule has 2 N–H and O–H groups in total. The number of hydrogen-bond donors (Lipinski definition) is 1. The number of ether oxygens (including phenoxy) is 1. The molecule has 17 heavy (non-hydrogen) atoms. The summed E-state index contributed by atoms with van der Waals surface area (Å²) in [6.45, 7) is 1.89. The van der Waals surface area contributed by atoms with Gasteiger partial charge in [-0.3, -0.25) is 0 Å². The summed E-state index contributed by atoms with van der Waals surface area (Å²) in [4.78, 5) is 7.93. The van der Waals surface area contributed by atoms with Gasteiger partial charge in [0.05, 0.1) is 5.69 Å². The second-order valence-corrected chi connectivity index (χ2v) is 3.99. The molecule has 5 heteroatoms. The van der Waals surface area contributed by atoms with Gasteiger partial charge < -0.3 is 10.5 Å². The second-order valence-electron chi connectivity index (χ2n) is 3.56. The summed E-state index contributed by atoms with van der Waals surface area (Å²) in [6, 6.07) is 8.99. The molecule has 2 rings (SSSR count). The van der Waals surface area contributed by atoms with Crippen LogP contribution < -0.4 is 10.5 Å². The fourth-order valence-electron chi connectivity index (χ4n) is 1.42. The van der Waals surface area contributed by atoms with Crippen molar-refractivity contribution in [1.82, 2.24) is 9.97 Å². The topological polar surface area (TPSA) is 61.0 Å². The molecule has 0 fully saturated rings. The molecule has 4 nitrogen and oxygen atoms in total. The first-order valence-corrected chi connectivity index (χ1v) is 5.53. The minimum atomic E-state index is -0.209. The molecule has 0 spiro atoms. The SMILES string of the molecule is CC(Oc1cccc(Cl)c1)c1ccnc(N)n1. The van der Waals surface area contributed by atoms with Crippen molar-refractivity contribution in [2.24, 2.45) is 0 Å². The normalized spacial score (nSPS) is 12.1. The van der Waals surface area contributed by atoms with E-state index in [2.05, 4.69) is 9.97 Å². The van der Waals surface area contributed by atoms with Gasteiger partial charge in [-0.25, -0.2) is 9.97 Å². The van der Waals surface area contributed by atoms with Crippen LogP contribution in [0.5, 0.6) is 5.75 Å². The van der Waals surface area contributed by atoms with Gasteiger partial charge in [-0.2, -0.15) is 0 Å². The number of anilines is 1. The van der Waals surface area contributed by atoms with Gasteiger partial charge in [0.15, 0.2) is 0 Å². The van der Waals surface area contributed by atoms with E-state index >= 15 is 0 Å². The van der Waals surface area contributed by atoms with Gasteiger partial charge in [0, 0.05) is 11.2 Å². The Labute approximate surface area is 104 Å². The number of hydrogen-bond acceptors (Lipinski definition) is 4. The number of nitrogens with zero attached hydrogens (tertiary/aromatic N) is 2. The molecule has 0 radical (unpaired) electrons. The molecule has 1 unspecified atom stereocenters. The maximum atomic E-state index is 5.87. The number of aromatic nitrogens is 2. The van der Waals surface area contributed by atoms with Gasteiger partial charge in [0.1, 0.15) is 11.9 Å². The first-order chi connectivity index (χ1) is 8.15. The fraction of sp³-hybridized carbons (Fsp3) is 0.167. The number of halogens is 1. The van der Waals surface area contributed by atoms with E-state index in [4.69, 9.17) is 22.1 Å². The van der Waals surface area contributed by atoms with Crippen molar-refractivity contribution >= 4 is 17.5 Å². The van der Waals surface area contributed by atoms with Crippen LogP contribution in [0.2, 0.25) is 5.02 Å². The van der Waals surface area contributed by atoms with Crippen molar-refractivity contribution in [2.75, 3.05) is 5.73 Å². The standard InChI is InChI=1S/C12H12ClN3O/c1-8(11-5-6-15-12(14)16-11)17-10-4-2-3-9(13)7-10/h2-8H,1H3,(H2,14,15,16). The summed E-state index contributed by atoms with van der Waals surface area (Å²) in [5.74, 6) is 0.936. The Morgan fingerprint density at radius 2 is 2.18 bits per heavy atom. The first kappa shape index (κ1) is 11.7. The lowest BCUT2D eigenvalue weighted by atomic mass is 10.2. The van der Waals surface area contributed by atoms with Crippen molar-refractivity contribution in [1.29, 1.82) is 0 Å². The minimum absolute atomic E-state index is 0.209. The van der Waals surface area contributed by atoms with Crippen molar-refractivity contribution in [3.63, 3.8) is 0 Å². The van der Waals surface area contributed by atoms with Crippen molar-refractivity contribution < 1.29 is 4.74 Å². The molecule has 1 aromatic heterocycles. The van der Waals surface area contributed by atoms with Gasteiger partial charge >= 0.3 is 0 Å². The lowest BCUT2D eigenvalue weighted by Crippen LogP contribution is -2.07. The number of nitrogen functional groups attached to an aromatic ring is 1. The summed E-state index contributed by atoms with van der Waals surface area (Å²) in [5.41, 5.74) is 6.25. The molecular formula is C12H12ClN3O. The lowest BCUT2D eigenvalue weighted by Gasteiger charge is -2.14. The number of nitrogens with two attached hydrogens (primary N) is 1. The molecule has 0 saturated heterocycles. The predicted octanol–water partition coefficient (Wildman–Crippen LogP) is 2.85. The molecule has 0 bridgehead atoms. The summed E-state index contributed by atoms with van der Waals surface area (Å²) in [7, 11) is 0. The monoisotopic (exact) mass is 249 g/mol. The van der Waals surface area contributed by atoms with E-state index in [1.807, 2.05) is 19.1 Å². The van der Waals surface area contributed by atoms with Crippen LogP contribution >= 0.6 is 11.6 Å². The molecule has 0 aliphatic carbocycles. The highest BCUT2D eigenvalue weighted by atomic mass is 35.5. The van der Waals surface area contributed by atoms with Crippen LogP contribution in [0.25, 0.3) is 0 Å². The second kappa shape index (κ2) is 5.01. The van der Waals surface area contributed by atoms with Gasteiger partial charge in [-0.05, 0) is 31.2 Å². The highest BCUT2D eigenvalue weighted by Gasteiger charge is 2.09. The molecule has 1 heterocycles. The van der Waals surface area contributed by atoms with Crippen LogP contribution in [0.3, 0.4) is 0 Å². The van der Waals surface area contributed by atoms with Crippen molar-refractivity contribution in [3.05, 3.63) is 47.2 Å². The molecule has 1 aromatic carbocycles. The Bertz CT molecular complexity index is 519. The van der Waals surface area contributed by atoms with E-state index in [9.17, 15) is 0 Å². The zero-order valence-electron chi connectivity index (χ0n) is 9.30. The van der Waals surface area contributed by atoms with Crippen LogP contribution in [0.15, 0.2) is 36.5 Å². The Morgan fingerprint density at radius 3 is 2.88 bits per heavy atom. The fourth-order valence-corrected chi connectivity index (χ4v) is 1.60. The molecule has 0 saturated carbocycles. The van der Waals surface area contributed by atoms with E-state index in [-0.39, 0.29) is 12.1 Å². The third-order valence-electron chi connectivity index (χ3n) is 2.22. The Morgan fingerprint density at radius 1 is 1.35 bits per heavy atom. The van der Waals surface area contributed by atoms with E-state index in [1.165, 1.54) is 0 Å². The average molecular weight is 250 g/mol. The third kappa shape index (κ3) is 3.07. The van der Waals surface area contributed by atoms with E-state index in [0.717, 1.165) is 5.69 Å². The smallest absolute Gasteiger partial charge is 0.220 e. The van der Waals surface area contributed by atoms with Crippen LogP contribution in [0.1, 0.15) is 18.7 Å². The molecule has 0 aliphatic rings. The quantitative estimate of drug-likeness (QED) is 0.909. The summed E-state index contributed by atoms with van der Waals surface area (Å²) >= 11 is 5.87. The summed E-state index contributed by atoms with van der Waals surface area (Å²) in [6.07, 6.45) is 1.40. The third-order valence-corrected chi connectivity index (χ3v) is 2.46. The number of rotatable bonds is 3. The van der Waals surface area contributed by atoms with Gasteiger partial charge in [-0.1, -0.05) is 17.7 Å². The van der Waals surface area contributed by atoms with Crippen LogP contribution in [0.4, 0.5) is 5.95 Å². The molecule has 2 aromatic rings. The van der Waals surface area contributed by atoms with Crippen molar-refractivity contribution in [3.8, 4) is 5.75 Å². The Hall–Kier alpha value is -1.81. The largest absolute Gasteiger partial charge is 0.484 e. The van der Waals surface area contributed by atoms with Gasteiger partial charge in [0.2, 0.25) is 5.95 Å². The maximum absolute atomic E-state index is 5.87. The zero-order valence-corrected chi connectivity index (χ0v) is 10.1. The van der Waals surface area contributed by atoms with E-state index in [0.29, 0.717) is 10.8 Å². The summed E-state index contributed by atoms with van der Waals surface area (Å²) in [5, 5.41) is 0.636. The van der Waals surface area contributed by atoms with Crippen LogP contribution in [-0.4, -0.2) is 9.97 Å². The zero-order chi connectivity index (χ0) is 12.3. The van der Waals surface area contributed by atoms with Gasteiger partial charge in [-0.15, -0.1) is 0 Å². The average Bonchev–Trinajstić information content (AvgIpc) is 2.29. The predicted molar refractivity (Wildman–Crippen MR) is 66.9 cm³/mol. The van der Waals surface area contributed by atoms with Crippen LogP contribution in [0, 0.1) is 0 Å². The molecule has 0 aliphatic heterocycles. The molecule has 0 amide bonds. The van der Waals surface area contributed by atoms with E-state index in [1.54, 1.807) is 24.4 Å². The molecule has 88 valence electrons. The molecule has 1 atom stereocenters. The first-order valence-electron chi connectivity index (χ1n) is 5.16. The van der Waals surface area contributed by atoms with Crippen molar-refractivity contribution in [2.45, 2.75) is 13.0 Å². The summed E-state index contributed by atoms with van der Waals surface area (Å²) < 4.78 is 5.71. The molecular weight excluding hydrogens is 238 g/mol.